The quantitative estimate of drug-likeness (QED) is 0.494. The Kier molecular flexibility index (Phi) is 5.57. The van der Waals surface area contributed by atoms with Crippen LogP contribution in [0.1, 0.15) is 5.56 Å². The number of aromatic nitrogens is 2. The van der Waals surface area contributed by atoms with Crippen LogP contribution in [-0.4, -0.2) is 22.3 Å². The highest BCUT2D eigenvalue weighted by Gasteiger charge is 2.16. The Morgan fingerprint density at radius 1 is 1.00 bits per heavy atom. The first kappa shape index (κ1) is 19.4. The maximum atomic E-state index is 14.3. The van der Waals surface area contributed by atoms with Gasteiger partial charge in [-0.1, -0.05) is 48.0 Å². The van der Waals surface area contributed by atoms with Gasteiger partial charge in [0.05, 0.1) is 11.4 Å². The fourth-order valence-corrected chi connectivity index (χ4v) is 3.00. The number of anilines is 1. The summed E-state index contributed by atoms with van der Waals surface area (Å²) in [6.45, 7) is 1.83. The number of nitrogens with zero attached hydrogens (tertiary/aromatic N) is 2. The van der Waals surface area contributed by atoms with E-state index in [0.29, 0.717) is 22.8 Å². The minimum absolute atomic E-state index is 0.155. The second kappa shape index (κ2) is 8.61. The molecule has 0 unspecified atom stereocenters. The second-order valence-corrected chi connectivity index (χ2v) is 6.79. The number of hydrogen-bond acceptors (Lipinski definition) is 3. The standard InChI is InChI=1S/C24H20FN3O2/c1-17-11-13-19(14-12-17)30-16-24(29)26-23-15-22(20-9-5-6-10-21(20)25)27-28(23)18-7-3-2-4-8-18/h2-15H,16H2,1H3,(H,26,29). The summed E-state index contributed by atoms with van der Waals surface area (Å²) in [6.07, 6.45) is 0. The van der Waals surface area contributed by atoms with Crippen LogP contribution in [-0.2, 0) is 4.79 Å². The molecule has 0 radical (unpaired) electrons. The molecule has 5 nitrogen and oxygen atoms in total. The van der Waals surface area contributed by atoms with Crippen molar-refractivity contribution in [2.45, 2.75) is 6.92 Å². The Morgan fingerprint density at radius 2 is 1.70 bits per heavy atom. The number of para-hydroxylation sites is 1. The Hall–Kier alpha value is -3.93. The summed E-state index contributed by atoms with van der Waals surface area (Å²) in [4.78, 5) is 12.5. The Balaban J connectivity index is 1.58. The van der Waals surface area contributed by atoms with Crippen LogP contribution in [0.2, 0.25) is 0 Å². The molecule has 0 spiro atoms. The fourth-order valence-electron chi connectivity index (χ4n) is 3.00. The number of carbonyl (C=O) groups is 1. The van der Waals surface area contributed by atoms with E-state index < -0.39 is 0 Å². The zero-order valence-electron chi connectivity index (χ0n) is 16.4. The van der Waals surface area contributed by atoms with Crippen molar-refractivity contribution in [2.75, 3.05) is 11.9 Å². The molecule has 0 saturated carbocycles. The van der Waals surface area contributed by atoms with E-state index in [2.05, 4.69) is 10.4 Å². The average Bonchev–Trinajstić information content (AvgIpc) is 3.17. The largest absolute Gasteiger partial charge is 0.484 e. The number of nitrogens with one attached hydrogen (secondary N) is 1. The number of hydrogen-bond donors (Lipinski definition) is 1. The molecule has 3 aromatic carbocycles. The minimum Gasteiger partial charge on any atom is -0.484 e. The number of aryl methyl sites for hydroxylation is 1. The van der Waals surface area contributed by atoms with E-state index in [0.717, 1.165) is 11.3 Å². The van der Waals surface area contributed by atoms with Crippen molar-refractivity contribution in [2.24, 2.45) is 0 Å². The zero-order chi connectivity index (χ0) is 20.9. The lowest BCUT2D eigenvalue weighted by atomic mass is 10.1. The number of amides is 1. The van der Waals surface area contributed by atoms with Gasteiger partial charge in [0.1, 0.15) is 17.4 Å². The maximum absolute atomic E-state index is 14.3. The molecule has 0 bridgehead atoms. The van der Waals surface area contributed by atoms with Crippen molar-refractivity contribution >= 4 is 11.7 Å². The van der Waals surface area contributed by atoms with E-state index >= 15 is 0 Å². The molecule has 0 atom stereocenters. The SMILES string of the molecule is Cc1ccc(OCC(=O)Nc2cc(-c3ccccc3F)nn2-c2ccccc2)cc1. The van der Waals surface area contributed by atoms with Crippen LogP contribution in [0, 0.1) is 12.7 Å². The Morgan fingerprint density at radius 3 is 2.43 bits per heavy atom. The highest BCUT2D eigenvalue weighted by atomic mass is 19.1. The third-order valence-electron chi connectivity index (χ3n) is 4.52. The van der Waals surface area contributed by atoms with Gasteiger partial charge in [0, 0.05) is 11.6 Å². The van der Waals surface area contributed by atoms with Gasteiger partial charge >= 0.3 is 0 Å². The lowest BCUT2D eigenvalue weighted by Gasteiger charge is -2.10. The number of benzene rings is 3. The summed E-state index contributed by atoms with van der Waals surface area (Å²) in [7, 11) is 0. The Labute approximate surface area is 173 Å². The molecule has 0 aliphatic heterocycles. The van der Waals surface area contributed by atoms with Crippen molar-refractivity contribution in [1.82, 2.24) is 9.78 Å². The minimum atomic E-state index is -0.379. The summed E-state index contributed by atoms with van der Waals surface area (Å²) >= 11 is 0. The number of rotatable bonds is 6. The molecule has 1 heterocycles. The first-order chi connectivity index (χ1) is 14.6. The summed E-state index contributed by atoms with van der Waals surface area (Å²) < 4.78 is 21.4. The number of ether oxygens (including phenoxy) is 1. The molecule has 30 heavy (non-hydrogen) atoms. The first-order valence-electron chi connectivity index (χ1n) is 9.50. The van der Waals surface area contributed by atoms with E-state index in [9.17, 15) is 9.18 Å². The van der Waals surface area contributed by atoms with Gasteiger partial charge in [0.15, 0.2) is 6.61 Å². The molecular weight excluding hydrogens is 381 g/mol. The molecule has 4 aromatic rings. The average molecular weight is 401 g/mol. The van der Waals surface area contributed by atoms with E-state index in [1.54, 1.807) is 28.9 Å². The summed E-state index contributed by atoms with van der Waals surface area (Å²) in [5, 5.41) is 7.33. The molecule has 6 heteroatoms. The molecule has 0 aliphatic carbocycles. The highest BCUT2D eigenvalue weighted by molar-refractivity contribution is 5.92. The van der Waals surface area contributed by atoms with Crippen molar-refractivity contribution in [3.05, 3.63) is 96.3 Å². The summed E-state index contributed by atoms with van der Waals surface area (Å²) in [5.41, 5.74) is 2.64. The van der Waals surface area contributed by atoms with Crippen molar-refractivity contribution in [3.8, 4) is 22.7 Å². The smallest absolute Gasteiger partial charge is 0.263 e. The van der Waals surface area contributed by atoms with Crippen LogP contribution in [0.25, 0.3) is 16.9 Å². The molecule has 0 aliphatic rings. The van der Waals surface area contributed by atoms with E-state index in [-0.39, 0.29) is 18.3 Å². The normalized spacial score (nSPS) is 10.6. The topological polar surface area (TPSA) is 56.1 Å². The van der Waals surface area contributed by atoms with Crippen molar-refractivity contribution < 1.29 is 13.9 Å². The maximum Gasteiger partial charge on any atom is 0.263 e. The molecule has 150 valence electrons. The number of halogens is 1. The lowest BCUT2D eigenvalue weighted by molar-refractivity contribution is -0.118. The fraction of sp³-hybridized carbons (Fsp3) is 0.0833. The van der Waals surface area contributed by atoms with Crippen LogP contribution >= 0.6 is 0 Å². The third kappa shape index (κ3) is 4.38. The highest BCUT2D eigenvalue weighted by Crippen LogP contribution is 2.26. The van der Waals surface area contributed by atoms with Crippen molar-refractivity contribution in [3.63, 3.8) is 0 Å². The van der Waals surface area contributed by atoms with Gasteiger partial charge in [-0.25, -0.2) is 9.07 Å². The van der Waals surface area contributed by atoms with Gasteiger partial charge in [-0.2, -0.15) is 5.10 Å². The molecule has 0 fully saturated rings. The van der Waals surface area contributed by atoms with Crippen LogP contribution < -0.4 is 10.1 Å². The molecule has 0 saturated heterocycles. The molecule has 1 aromatic heterocycles. The van der Waals surface area contributed by atoms with Gasteiger partial charge in [-0.3, -0.25) is 4.79 Å². The predicted molar refractivity (Wildman–Crippen MR) is 114 cm³/mol. The van der Waals surface area contributed by atoms with E-state index in [1.165, 1.54) is 6.07 Å². The molecule has 4 rings (SSSR count). The van der Waals surface area contributed by atoms with E-state index in [1.807, 2.05) is 61.5 Å². The monoisotopic (exact) mass is 401 g/mol. The van der Waals surface area contributed by atoms with Gasteiger partial charge in [0.25, 0.3) is 5.91 Å². The summed E-state index contributed by atoms with van der Waals surface area (Å²) in [6, 6.07) is 24.8. The van der Waals surface area contributed by atoms with Gasteiger partial charge in [0.2, 0.25) is 0 Å². The van der Waals surface area contributed by atoms with Crippen LogP contribution in [0.3, 0.4) is 0 Å². The van der Waals surface area contributed by atoms with Gasteiger partial charge < -0.3 is 10.1 Å². The van der Waals surface area contributed by atoms with Crippen LogP contribution in [0.15, 0.2) is 84.9 Å². The van der Waals surface area contributed by atoms with E-state index in [4.69, 9.17) is 4.74 Å². The third-order valence-corrected chi connectivity index (χ3v) is 4.52. The van der Waals surface area contributed by atoms with Crippen molar-refractivity contribution in [1.29, 1.82) is 0 Å². The molecule has 1 amide bonds. The molecular formula is C24H20FN3O2. The van der Waals surface area contributed by atoms with Crippen LogP contribution in [0.5, 0.6) is 5.75 Å². The zero-order valence-corrected chi connectivity index (χ0v) is 16.4. The van der Waals surface area contributed by atoms with Crippen LogP contribution in [0.4, 0.5) is 10.2 Å². The van der Waals surface area contributed by atoms with Gasteiger partial charge in [-0.05, 0) is 43.3 Å². The van der Waals surface area contributed by atoms with Gasteiger partial charge in [-0.15, -0.1) is 0 Å². The first-order valence-corrected chi connectivity index (χ1v) is 9.50. The molecule has 1 N–H and O–H groups in total. The second-order valence-electron chi connectivity index (χ2n) is 6.79. The lowest BCUT2D eigenvalue weighted by Crippen LogP contribution is -2.21. The summed E-state index contributed by atoms with van der Waals surface area (Å²) in [5.74, 6) is 0.319. The number of carbonyl (C=O) groups excluding carboxylic acids is 1. The Bertz CT molecular complexity index is 1150. The predicted octanol–water partition coefficient (Wildman–Crippen LogP) is 5.00.